The number of allylic oxidation sites excluding steroid dienone is 3. The molecule has 0 radical (unpaired) electrons. The van der Waals surface area contributed by atoms with E-state index in [2.05, 4.69) is 26.5 Å². The molecule has 0 N–H and O–H groups in total. The van der Waals surface area contributed by atoms with Gasteiger partial charge in [0.05, 0.1) is 0 Å². The molecule has 0 bridgehead atoms. The Balaban J connectivity index is 3.59. The Bertz CT molecular complexity index is 109. The van der Waals surface area contributed by atoms with Gasteiger partial charge in [-0.15, -0.1) is 0 Å². The topological polar surface area (TPSA) is 0 Å². The molecule has 0 amide bonds. The van der Waals surface area contributed by atoms with Crippen molar-refractivity contribution in [3.05, 3.63) is 24.3 Å². The summed E-state index contributed by atoms with van der Waals surface area (Å²) in [6.07, 6.45) is 9.04. The minimum absolute atomic E-state index is 1.17. The van der Waals surface area contributed by atoms with Gasteiger partial charge in [0.15, 0.2) is 0 Å². The van der Waals surface area contributed by atoms with Crippen LogP contribution in [0.25, 0.3) is 0 Å². The van der Waals surface area contributed by atoms with Crippen molar-refractivity contribution in [1.29, 1.82) is 0 Å². The largest absolute Gasteiger partial charge is 0.0991 e. The molecule has 58 valence electrons. The molecule has 0 atom stereocenters. The molecule has 0 rings (SSSR count). The van der Waals surface area contributed by atoms with Gasteiger partial charge in [-0.2, -0.15) is 0 Å². The third kappa shape index (κ3) is 4.37. The molecule has 0 heterocycles. The lowest BCUT2D eigenvalue weighted by Gasteiger charge is -2.00. The lowest BCUT2D eigenvalue weighted by Crippen LogP contribution is -1.80. The molecule has 0 spiro atoms. The molecule has 0 aromatic heterocycles. The first kappa shape index (κ1) is 9.48. The summed E-state index contributed by atoms with van der Waals surface area (Å²) >= 11 is 0. The summed E-state index contributed by atoms with van der Waals surface area (Å²) in [6.45, 7) is 8.10. The van der Waals surface area contributed by atoms with Gasteiger partial charge >= 0.3 is 0 Å². The van der Waals surface area contributed by atoms with Crippen molar-refractivity contribution < 1.29 is 0 Å². The average molecular weight is 138 g/mol. The fourth-order valence-corrected chi connectivity index (χ4v) is 0.948. The average Bonchev–Trinajstić information content (AvgIpc) is 1.98. The van der Waals surface area contributed by atoms with Gasteiger partial charge in [-0.05, 0) is 19.3 Å². The van der Waals surface area contributed by atoms with Crippen LogP contribution >= 0.6 is 0 Å². The second-order valence-electron chi connectivity index (χ2n) is 2.52. The van der Waals surface area contributed by atoms with Crippen LogP contribution in [0, 0.1) is 0 Å². The maximum Gasteiger partial charge on any atom is -0.0317 e. The summed E-state index contributed by atoms with van der Waals surface area (Å²) in [4.78, 5) is 0. The van der Waals surface area contributed by atoms with Crippen molar-refractivity contribution in [3.8, 4) is 0 Å². The Morgan fingerprint density at radius 1 is 1.40 bits per heavy atom. The normalized spacial score (nSPS) is 11.6. The van der Waals surface area contributed by atoms with E-state index in [0.29, 0.717) is 0 Å². The summed E-state index contributed by atoms with van der Waals surface area (Å²) in [5.41, 5.74) is 1.52. The van der Waals surface area contributed by atoms with Crippen molar-refractivity contribution in [2.24, 2.45) is 0 Å². The van der Waals surface area contributed by atoms with E-state index in [9.17, 15) is 0 Å². The Labute approximate surface area is 64.6 Å². The minimum Gasteiger partial charge on any atom is -0.0991 e. The fraction of sp³-hybridized carbons (Fsp3) is 0.600. The highest BCUT2D eigenvalue weighted by Crippen LogP contribution is 2.10. The summed E-state index contributed by atoms with van der Waals surface area (Å²) in [5, 5.41) is 0. The van der Waals surface area contributed by atoms with Crippen LogP contribution in [0.5, 0.6) is 0 Å². The summed E-state index contributed by atoms with van der Waals surface area (Å²) < 4.78 is 0. The number of hydrogen-bond acceptors (Lipinski definition) is 0. The first-order valence-electron chi connectivity index (χ1n) is 4.15. The fourth-order valence-electron chi connectivity index (χ4n) is 0.948. The second kappa shape index (κ2) is 6.60. The van der Waals surface area contributed by atoms with Crippen molar-refractivity contribution in [3.63, 3.8) is 0 Å². The second-order valence-corrected chi connectivity index (χ2v) is 2.52. The summed E-state index contributed by atoms with van der Waals surface area (Å²) in [6, 6.07) is 0. The van der Waals surface area contributed by atoms with Crippen LogP contribution in [0.4, 0.5) is 0 Å². The van der Waals surface area contributed by atoms with E-state index in [1.54, 1.807) is 0 Å². The maximum atomic E-state index is 3.68. The molecule has 0 aliphatic carbocycles. The highest BCUT2D eigenvalue weighted by Gasteiger charge is 1.90. The van der Waals surface area contributed by atoms with E-state index in [0.717, 1.165) is 0 Å². The van der Waals surface area contributed by atoms with Crippen LogP contribution in [-0.2, 0) is 0 Å². The van der Waals surface area contributed by atoms with Crippen LogP contribution < -0.4 is 0 Å². The lowest BCUT2D eigenvalue weighted by atomic mass is 10.1. The molecule has 0 fully saturated rings. The molecule has 0 aromatic carbocycles. The standard InChI is InChI=1S/C10H18/c1-4-7-9-10(6-3)8-5-2/h5,8H,2,4,6-7,9H2,1,3H3. The monoisotopic (exact) mass is 138 g/mol. The predicted octanol–water partition coefficient (Wildman–Crippen LogP) is 3.70. The van der Waals surface area contributed by atoms with Gasteiger partial charge in [-0.3, -0.25) is 0 Å². The Morgan fingerprint density at radius 2 is 2.10 bits per heavy atom. The highest BCUT2D eigenvalue weighted by molar-refractivity contribution is 5.09. The molecule has 10 heavy (non-hydrogen) atoms. The van der Waals surface area contributed by atoms with Crippen LogP contribution in [0.15, 0.2) is 24.3 Å². The Hall–Kier alpha value is -0.520. The molecule has 0 heteroatoms. The van der Waals surface area contributed by atoms with Gasteiger partial charge in [0.1, 0.15) is 0 Å². The number of unbranched alkanes of at least 4 members (excludes halogenated alkanes) is 1. The molecule has 0 saturated heterocycles. The van der Waals surface area contributed by atoms with Gasteiger partial charge in [-0.1, -0.05) is 44.6 Å². The quantitative estimate of drug-likeness (QED) is 0.508. The third-order valence-electron chi connectivity index (χ3n) is 1.66. The van der Waals surface area contributed by atoms with Crippen LogP contribution in [0.2, 0.25) is 0 Å². The molecule has 0 unspecified atom stereocenters. The van der Waals surface area contributed by atoms with Crippen LogP contribution in [0.1, 0.15) is 39.5 Å². The van der Waals surface area contributed by atoms with Crippen molar-refractivity contribution >= 4 is 0 Å². The summed E-state index contributed by atoms with van der Waals surface area (Å²) in [5.74, 6) is 0. The van der Waals surface area contributed by atoms with Crippen LogP contribution in [0.3, 0.4) is 0 Å². The van der Waals surface area contributed by atoms with Crippen LogP contribution in [-0.4, -0.2) is 0 Å². The SMILES string of the molecule is C=CC=C(CC)CCCC. The van der Waals surface area contributed by atoms with Gasteiger partial charge < -0.3 is 0 Å². The Morgan fingerprint density at radius 3 is 2.50 bits per heavy atom. The zero-order valence-corrected chi connectivity index (χ0v) is 7.19. The van der Waals surface area contributed by atoms with E-state index in [1.165, 1.54) is 31.3 Å². The molecule has 0 aromatic rings. The smallest absolute Gasteiger partial charge is 0.0317 e. The molecular formula is C10H18. The van der Waals surface area contributed by atoms with Crippen molar-refractivity contribution in [1.82, 2.24) is 0 Å². The molecular weight excluding hydrogens is 120 g/mol. The predicted molar refractivity (Wildman–Crippen MR) is 48.1 cm³/mol. The summed E-state index contributed by atoms with van der Waals surface area (Å²) in [7, 11) is 0. The van der Waals surface area contributed by atoms with Gasteiger partial charge in [0.2, 0.25) is 0 Å². The number of hydrogen-bond donors (Lipinski definition) is 0. The Kier molecular flexibility index (Phi) is 6.25. The highest BCUT2D eigenvalue weighted by atomic mass is 14.0. The number of rotatable bonds is 5. The van der Waals surface area contributed by atoms with E-state index < -0.39 is 0 Å². The molecule has 0 saturated carbocycles. The zero-order chi connectivity index (χ0) is 7.82. The van der Waals surface area contributed by atoms with E-state index in [-0.39, 0.29) is 0 Å². The first-order chi connectivity index (χ1) is 4.85. The van der Waals surface area contributed by atoms with E-state index >= 15 is 0 Å². The van der Waals surface area contributed by atoms with Gasteiger partial charge in [-0.25, -0.2) is 0 Å². The van der Waals surface area contributed by atoms with E-state index in [4.69, 9.17) is 0 Å². The minimum atomic E-state index is 1.17. The van der Waals surface area contributed by atoms with Crippen molar-refractivity contribution in [2.45, 2.75) is 39.5 Å². The molecule has 0 aliphatic rings. The third-order valence-corrected chi connectivity index (χ3v) is 1.66. The maximum absolute atomic E-state index is 3.68. The first-order valence-corrected chi connectivity index (χ1v) is 4.15. The lowest BCUT2D eigenvalue weighted by molar-refractivity contribution is 0.766. The zero-order valence-electron chi connectivity index (χ0n) is 7.19. The van der Waals surface area contributed by atoms with Gasteiger partial charge in [0, 0.05) is 0 Å². The van der Waals surface area contributed by atoms with Gasteiger partial charge in [0.25, 0.3) is 0 Å². The molecule has 0 aliphatic heterocycles. The molecule has 0 nitrogen and oxygen atoms in total. The van der Waals surface area contributed by atoms with Crippen molar-refractivity contribution in [2.75, 3.05) is 0 Å². The van der Waals surface area contributed by atoms with E-state index in [1.807, 2.05) is 6.08 Å².